The summed E-state index contributed by atoms with van der Waals surface area (Å²) in [7, 11) is 0. The average Bonchev–Trinajstić information content (AvgIpc) is 3.23. The average molecular weight is 368 g/mol. The van der Waals surface area contributed by atoms with E-state index in [9.17, 15) is 5.11 Å². The third-order valence-corrected chi connectivity index (χ3v) is 5.50. The number of hydrogen-bond acceptors (Lipinski definition) is 3. The van der Waals surface area contributed by atoms with E-state index in [0.29, 0.717) is 0 Å². The minimum atomic E-state index is -0.512. The second-order valence-corrected chi connectivity index (χ2v) is 7.59. The summed E-state index contributed by atoms with van der Waals surface area (Å²) in [5, 5.41) is 11.2. The number of ether oxygens (including phenoxy) is 1. The van der Waals surface area contributed by atoms with Gasteiger partial charge in [-0.05, 0) is 55.6 Å². The Morgan fingerprint density at radius 1 is 0.926 bits per heavy atom. The number of nitrogens with zero attached hydrogens (tertiary/aromatic N) is 1. The van der Waals surface area contributed by atoms with Crippen molar-refractivity contribution < 1.29 is 9.84 Å². The zero-order valence-corrected chi connectivity index (χ0v) is 16.5. The molecule has 27 heavy (non-hydrogen) atoms. The second-order valence-electron chi connectivity index (χ2n) is 7.59. The van der Waals surface area contributed by atoms with Crippen LogP contribution in [0.2, 0.25) is 0 Å². The fourth-order valence-corrected chi connectivity index (χ4v) is 3.87. The topological polar surface area (TPSA) is 32.7 Å². The second kappa shape index (κ2) is 10.5. The van der Waals surface area contributed by atoms with Gasteiger partial charge in [-0.15, -0.1) is 0 Å². The monoisotopic (exact) mass is 367 g/mol. The zero-order valence-electron chi connectivity index (χ0n) is 16.5. The minimum absolute atomic E-state index is 0.0839. The smallest absolute Gasteiger partial charge is 0.119 e. The summed E-state index contributed by atoms with van der Waals surface area (Å²) in [6.45, 7) is 6.14. The Balaban J connectivity index is 1.68. The molecule has 0 aliphatic carbocycles. The van der Waals surface area contributed by atoms with Gasteiger partial charge in [-0.3, -0.25) is 0 Å². The molecule has 0 bridgehead atoms. The summed E-state index contributed by atoms with van der Waals surface area (Å²) >= 11 is 0. The van der Waals surface area contributed by atoms with Crippen LogP contribution in [0.5, 0.6) is 5.75 Å². The summed E-state index contributed by atoms with van der Waals surface area (Å²) in [6.07, 6.45) is 5.51. The highest BCUT2D eigenvalue weighted by Gasteiger charge is 2.26. The van der Waals surface area contributed by atoms with Crippen molar-refractivity contribution in [1.82, 2.24) is 4.90 Å². The summed E-state index contributed by atoms with van der Waals surface area (Å²) in [5.74, 6) is 0.971. The largest absolute Gasteiger partial charge is 0.494 e. The maximum atomic E-state index is 11.2. The Morgan fingerprint density at radius 3 is 2.30 bits per heavy atom. The lowest BCUT2D eigenvalue weighted by atomic mass is 9.88. The Kier molecular flexibility index (Phi) is 7.73. The van der Waals surface area contributed by atoms with E-state index in [-0.39, 0.29) is 5.92 Å². The SMILES string of the molecule is CCCCCOc1ccc([C@@H](O)[C@H](CN2CCCC2)c2ccccc2)cc1. The van der Waals surface area contributed by atoms with Gasteiger partial charge >= 0.3 is 0 Å². The summed E-state index contributed by atoms with van der Waals surface area (Å²) in [5.41, 5.74) is 2.17. The molecular weight excluding hydrogens is 334 g/mol. The van der Waals surface area contributed by atoms with Crippen molar-refractivity contribution in [2.75, 3.05) is 26.2 Å². The lowest BCUT2D eigenvalue weighted by Gasteiger charge is -2.28. The van der Waals surface area contributed by atoms with Gasteiger partial charge in [0.25, 0.3) is 0 Å². The van der Waals surface area contributed by atoms with Gasteiger partial charge in [0.2, 0.25) is 0 Å². The van der Waals surface area contributed by atoms with Crippen LogP contribution in [0.3, 0.4) is 0 Å². The molecule has 0 aromatic heterocycles. The van der Waals surface area contributed by atoms with Gasteiger partial charge in [0.05, 0.1) is 12.7 Å². The van der Waals surface area contributed by atoms with E-state index >= 15 is 0 Å². The van der Waals surface area contributed by atoms with Crippen molar-refractivity contribution in [2.24, 2.45) is 0 Å². The van der Waals surface area contributed by atoms with Crippen LogP contribution in [0.25, 0.3) is 0 Å². The quantitative estimate of drug-likeness (QED) is 0.588. The van der Waals surface area contributed by atoms with Gasteiger partial charge in [-0.25, -0.2) is 0 Å². The molecule has 1 aliphatic heterocycles. The molecule has 1 aliphatic rings. The maximum Gasteiger partial charge on any atom is 0.119 e. The van der Waals surface area contributed by atoms with E-state index in [1.165, 1.54) is 31.2 Å². The molecule has 0 spiro atoms. The molecule has 0 radical (unpaired) electrons. The van der Waals surface area contributed by atoms with Crippen molar-refractivity contribution in [1.29, 1.82) is 0 Å². The third kappa shape index (κ3) is 5.82. The molecule has 2 aromatic rings. The molecule has 2 aromatic carbocycles. The van der Waals surface area contributed by atoms with Crippen LogP contribution in [-0.4, -0.2) is 36.2 Å². The number of aliphatic hydroxyl groups is 1. The maximum absolute atomic E-state index is 11.2. The van der Waals surface area contributed by atoms with Crippen LogP contribution in [0, 0.1) is 0 Å². The number of benzene rings is 2. The van der Waals surface area contributed by atoms with E-state index < -0.39 is 6.10 Å². The number of hydrogen-bond donors (Lipinski definition) is 1. The first-order valence-electron chi connectivity index (χ1n) is 10.5. The van der Waals surface area contributed by atoms with E-state index in [4.69, 9.17) is 4.74 Å². The molecule has 3 nitrogen and oxygen atoms in total. The number of unbranched alkanes of at least 4 members (excludes halogenated alkanes) is 2. The molecule has 3 heteroatoms. The third-order valence-electron chi connectivity index (χ3n) is 5.50. The van der Waals surface area contributed by atoms with Gasteiger partial charge in [-0.1, -0.05) is 62.2 Å². The fourth-order valence-electron chi connectivity index (χ4n) is 3.87. The molecule has 1 saturated heterocycles. The lowest BCUT2D eigenvalue weighted by Crippen LogP contribution is -2.29. The number of rotatable bonds is 10. The Hall–Kier alpha value is -1.84. The molecule has 1 N–H and O–H groups in total. The first kappa shape index (κ1) is 19.9. The standard InChI is InChI=1S/C24H33NO2/c1-2-3-9-18-27-22-14-12-21(13-15-22)24(26)23(19-25-16-7-8-17-25)20-10-5-4-6-11-20/h4-6,10-15,23-24,26H,2-3,7-9,16-19H2,1H3/t23-,24-/m1/s1. The number of likely N-dealkylation sites (tertiary alicyclic amines) is 1. The predicted octanol–water partition coefficient (Wildman–Crippen LogP) is 5.17. The molecule has 1 fully saturated rings. The van der Waals surface area contributed by atoms with E-state index in [2.05, 4.69) is 36.1 Å². The molecule has 0 unspecified atom stereocenters. The number of aliphatic hydroxyl groups excluding tert-OH is 1. The molecule has 2 atom stereocenters. The predicted molar refractivity (Wildman–Crippen MR) is 111 cm³/mol. The Bertz CT molecular complexity index is 650. The minimum Gasteiger partial charge on any atom is -0.494 e. The van der Waals surface area contributed by atoms with Crippen LogP contribution in [-0.2, 0) is 0 Å². The van der Waals surface area contributed by atoms with Crippen LogP contribution in [0.15, 0.2) is 54.6 Å². The van der Waals surface area contributed by atoms with Crippen LogP contribution in [0.1, 0.15) is 62.2 Å². The highest BCUT2D eigenvalue weighted by molar-refractivity contribution is 5.32. The van der Waals surface area contributed by atoms with Gasteiger partial charge in [0.15, 0.2) is 0 Å². The van der Waals surface area contributed by atoms with Gasteiger partial charge in [0, 0.05) is 12.5 Å². The van der Waals surface area contributed by atoms with Crippen molar-refractivity contribution in [3.8, 4) is 5.75 Å². The zero-order chi connectivity index (χ0) is 18.9. The van der Waals surface area contributed by atoms with Gasteiger partial charge in [0.1, 0.15) is 5.75 Å². The van der Waals surface area contributed by atoms with Crippen molar-refractivity contribution in [3.63, 3.8) is 0 Å². The van der Waals surface area contributed by atoms with Crippen molar-refractivity contribution >= 4 is 0 Å². The first-order valence-corrected chi connectivity index (χ1v) is 10.5. The lowest BCUT2D eigenvalue weighted by molar-refractivity contribution is 0.123. The van der Waals surface area contributed by atoms with Crippen LogP contribution < -0.4 is 4.74 Å². The molecule has 0 amide bonds. The summed E-state index contributed by atoms with van der Waals surface area (Å²) < 4.78 is 5.81. The highest BCUT2D eigenvalue weighted by Crippen LogP contribution is 2.33. The molecule has 146 valence electrons. The fraction of sp³-hybridized carbons (Fsp3) is 0.500. The first-order chi connectivity index (χ1) is 13.3. The Labute approximate surface area is 164 Å². The summed E-state index contributed by atoms with van der Waals surface area (Å²) in [4.78, 5) is 2.48. The molecule has 0 saturated carbocycles. The van der Waals surface area contributed by atoms with Crippen LogP contribution >= 0.6 is 0 Å². The van der Waals surface area contributed by atoms with Crippen molar-refractivity contribution in [2.45, 2.75) is 51.0 Å². The molecular formula is C24H33NO2. The molecule has 3 rings (SSSR count). The summed E-state index contributed by atoms with van der Waals surface area (Å²) in [6, 6.07) is 18.4. The van der Waals surface area contributed by atoms with Crippen LogP contribution in [0.4, 0.5) is 0 Å². The van der Waals surface area contributed by atoms with E-state index in [0.717, 1.165) is 44.0 Å². The van der Waals surface area contributed by atoms with E-state index in [1.807, 2.05) is 30.3 Å². The van der Waals surface area contributed by atoms with E-state index in [1.54, 1.807) is 0 Å². The highest BCUT2D eigenvalue weighted by atomic mass is 16.5. The van der Waals surface area contributed by atoms with Gasteiger partial charge < -0.3 is 14.7 Å². The normalized spacial score (nSPS) is 17.0. The molecule has 1 heterocycles. The van der Waals surface area contributed by atoms with Gasteiger partial charge in [-0.2, -0.15) is 0 Å². The Morgan fingerprint density at radius 2 is 1.63 bits per heavy atom. The van der Waals surface area contributed by atoms with Crippen molar-refractivity contribution in [3.05, 3.63) is 65.7 Å².